The first-order valence-corrected chi connectivity index (χ1v) is 7.02. The Hall–Kier alpha value is -2.11. The van der Waals surface area contributed by atoms with Crippen molar-refractivity contribution in [1.82, 2.24) is 20.2 Å². The zero-order valence-corrected chi connectivity index (χ0v) is 12.4. The van der Waals surface area contributed by atoms with Crippen molar-refractivity contribution in [3.8, 4) is 5.69 Å². The topological polar surface area (TPSA) is 55.6 Å². The summed E-state index contributed by atoms with van der Waals surface area (Å²) >= 11 is 12.1. The van der Waals surface area contributed by atoms with Gasteiger partial charge in [-0.3, -0.25) is 0 Å². The van der Waals surface area contributed by atoms with Gasteiger partial charge in [0.2, 0.25) is 0 Å². The van der Waals surface area contributed by atoms with E-state index in [4.69, 9.17) is 23.2 Å². The number of hydrogen-bond acceptors (Lipinski definition) is 4. The largest absolute Gasteiger partial charge is 0.376 e. The number of nitrogens with zero attached hydrogens (tertiary/aromatic N) is 4. The van der Waals surface area contributed by atoms with Gasteiger partial charge in [-0.25, -0.2) is 0 Å². The Morgan fingerprint density at radius 3 is 2.62 bits per heavy atom. The Morgan fingerprint density at radius 1 is 1.00 bits per heavy atom. The van der Waals surface area contributed by atoms with Crippen molar-refractivity contribution in [3.63, 3.8) is 0 Å². The fraction of sp³-hybridized carbons (Fsp3) is 0.0714. The normalized spacial score (nSPS) is 10.6. The summed E-state index contributed by atoms with van der Waals surface area (Å²) in [6.07, 6.45) is 0. The van der Waals surface area contributed by atoms with Crippen LogP contribution in [0.2, 0.25) is 10.0 Å². The number of para-hydroxylation sites is 1. The number of anilines is 1. The third kappa shape index (κ3) is 2.99. The minimum Gasteiger partial charge on any atom is -0.376 e. The molecule has 0 unspecified atom stereocenters. The molecule has 0 radical (unpaired) electrons. The molecule has 1 N–H and O–H groups in total. The van der Waals surface area contributed by atoms with Crippen LogP contribution in [0.4, 0.5) is 5.69 Å². The lowest BCUT2D eigenvalue weighted by atomic mass is 10.3. The third-order valence-electron chi connectivity index (χ3n) is 2.92. The predicted molar refractivity (Wildman–Crippen MR) is 82.9 cm³/mol. The fourth-order valence-electron chi connectivity index (χ4n) is 1.90. The highest BCUT2D eigenvalue weighted by atomic mass is 35.5. The summed E-state index contributed by atoms with van der Waals surface area (Å²) in [5.74, 6) is 0.678. The van der Waals surface area contributed by atoms with Gasteiger partial charge in [0.1, 0.15) is 0 Å². The second-order valence-electron chi connectivity index (χ2n) is 4.30. The summed E-state index contributed by atoms with van der Waals surface area (Å²) in [7, 11) is 0. The van der Waals surface area contributed by atoms with Crippen LogP contribution in [0.3, 0.4) is 0 Å². The summed E-state index contributed by atoms with van der Waals surface area (Å²) in [4.78, 5) is 0. The average molecular weight is 320 g/mol. The van der Waals surface area contributed by atoms with E-state index in [1.54, 1.807) is 10.7 Å². The molecule has 7 heteroatoms. The van der Waals surface area contributed by atoms with E-state index >= 15 is 0 Å². The van der Waals surface area contributed by atoms with Gasteiger partial charge in [-0.1, -0.05) is 47.5 Å². The summed E-state index contributed by atoms with van der Waals surface area (Å²) in [6, 6.07) is 15.1. The van der Waals surface area contributed by atoms with Gasteiger partial charge in [-0.2, -0.15) is 4.68 Å². The Bertz CT molecular complexity index is 742. The van der Waals surface area contributed by atoms with Gasteiger partial charge in [0, 0.05) is 0 Å². The first kappa shape index (κ1) is 13.9. The minimum absolute atomic E-state index is 0.432. The Kier molecular flexibility index (Phi) is 4.03. The maximum absolute atomic E-state index is 6.14. The van der Waals surface area contributed by atoms with Gasteiger partial charge in [0.15, 0.2) is 5.82 Å². The molecule has 3 aromatic rings. The zero-order valence-electron chi connectivity index (χ0n) is 10.9. The van der Waals surface area contributed by atoms with Crippen LogP contribution in [0.1, 0.15) is 5.82 Å². The van der Waals surface area contributed by atoms with Crippen molar-refractivity contribution < 1.29 is 0 Å². The monoisotopic (exact) mass is 319 g/mol. The molecule has 2 aromatic carbocycles. The van der Waals surface area contributed by atoms with Gasteiger partial charge in [0.25, 0.3) is 0 Å². The first-order valence-electron chi connectivity index (χ1n) is 6.26. The quantitative estimate of drug-likeness (QED) is 0.798. The number of aromatic nitrogens is 4. The van der Waals surface area contributed by atoms with Gasteiger partial charge >= 0.3 is 0 Å². The third-order valence-corrected chi connectivity index (χ3v) is 3.74. The van der Waals surface area contributed by atoms with Crippen LogP contribution in [0.5, 0.6) is 0 Å². The van der Waals surface area contributed by atoms with Crippen LogP contribution in [-0.4, -0.2) is 20.2 Å². The number of rotatable bonds is 4. The smallest absolute Gasteiger partial charge is 0.175 e. The van der Waals surface area contributed by atoms with Gasteiger partial charge < -0.3 is 5.32 Å². The molecule has 106 valence electrons. The van der Waals surface area contributed by atoms with Gasteiger partial charge in [-0.05, 0) is 34.7 Å². The number of halogens is 2. The summed E-state index contributed by atoms with van der Waals surface area (Å²) < 4.78 is 1.67. The SMILES string of the molecule is Clc1cccc(NCc2nnnn2-c2ccccc2)c1Cl. The number of tetrazole rings is 1. The van der Waals surface area contributed by atoms with Crippen LogP contribution in [-0.2, 0) is 6.54 Å². The van der Waals surface area contributed by atoms with Crippen LogP contribution in [0, 0.1) is 0 Å². The van der Waals surface area contributed by atoms with Gasteiger partial charge in [0.05, 0.1) is 28.0 Å². The lowest BCUT2D eigenvalue weighted by Gasteiger charge is -2.09. The second kappa shape index (κ2) is 6.11. The van der Waals surface area contributed by atoms with Crippen molar-refractivity contribution in [2.24, 2.45) is 0 Å². The van der Waals surface area contributed by atoms with Crippen molar-refractivity contribution >= 4 is 28.9 Å². The Morgan fingerprint density at radius 2 is 1.81 bits per heavy atom. The number of benzene rings is 2. The highest BCUT2D eigenvalue weighted by Crippen LogP contribution is 2.29. The average Bonchev–Trinajstić information content (AvgIpc) is 2.98. The Balaban J connectivity index is 1.81. The van der Waals surface area contributed by atoms with Crippen molar-refractivity contribution in [2.45, 2.75) is 6.54 Å². The number of nitrogens with one attached hydrogen (secondary N) is 1. The van der Waals surface area contributed by atoms with E-state index in [0.29, 0.717) is 22.4 Å². The summed E-state index contributed by atoms with van der Waals surface area (Å²) in [5, 5.41) is 15.9. The lowest BCUT2D eigenvalue weighted by Crippen LogP contribution is -2.08. The maximum atomic E-state index is 6.14. The molecule has 0 amide bonds. The molecular weight excluding hydrogens is 309 g/mol. The van der Waals surface area contributed by atoms with Crippen LogP contribution in [0.15, 0.2) is 48.5 Å². The highest BCUT2D eigenvalue weighted by molar-refractivity contribution is 6.43. The fourth-order valence-corrected chi connectivity index (χ4v) is 2.27. The molecular formula is C14H11Cl2N5. The van der Waals surface area contributed by atoms with E-state index in [9.17, 15) is 0 Å². The molecule has 21 heavy (non-hydrogen) atoms. The minimum atomic E-state index is 0.432. The van der Waals surface area contributed by atoms with E-state index < -0.39 is 0 Å². The standard InChI is InChI=1S/C14H11Cl2N5/c15-11-7-4-8-12(14(11)16)17-9-13-18-19-20-21(13)10-5-2-1-3-6-10/h1-8,17H,9H2. The first-order chi connectivity index (χ1) is 10.3. The molecule has 1 aromatic heterocycles. The molecule has 0 aliphatic heterocycles. The van der Waals surface area contributed by atoms with Crippen molar-refractivity contribution in [2.75, 3.05) is 5.32 Å². The predicted octanol–water partition coefficient (Wildman–Crippen LogP) is 3.58. The van der Waals surface area contributed by atoms with Crippen molar-refractivity contribution in [1.29, 1.82) is 0 Å². The summed E-state index contributed by atoms with van der Waals surface area (Å²) in [6.45, 7) is 0.432. The molecule has 0 saturated carbocycles. The molecule has 0 aliphatic rings. The van der Waals surface area contributed by atoms with Crippen molar-refractivity contribution in [3.05, 3.63) is 64.4 Å². The molecule has 0 spiro atoms. The molecule has 0 aliphatic carbocycles. The molecule has 0 fully saturated rings. The Labute approximate surface area is 131 Å². The molecule has 0 saturated heterocycles. The van der Waals surface area contributed by atoms with Crippen LogP contribution >= 0.6 is 23.2 Å². The zero-order chi connectivity index (χ0) is 14.7. The number of hydrogen-bond donors (Lipinski definition) is 1. The molecule has 0 atom stereocenters. The molecule has 1 heterocycles. The van der Waals surface area contributed by atoms with E-state index in [0.717, 1.165) is 11.4 Å². The summed E-state index contributed by atoms with van der Waals surface area (Å²) in [5.41, 5.74) is 1.64. The van der Waals surface area contributed by atoms with E-state index in [1.807, 2.05) is 42.5 Å². The second-order valence-corrected chi connectivity index (χ2v) is 5.08. The van der Waals surface area contributed by atoms with E-state index in [2.05, 4.69) is 20.8 Å². The highest BCUT2D eigenvalue weighted by Gasteiger charge is 2.09. The molecule has 0 bridgehead atoms. The molecule has 3 rings (SSSR count). The van der Waals surface area contributed by atoms with Crippen LogP contribution in [0.25, 0.3) is 5.69 Å². The van der Waals surface area contributed by atoms with Crippen LogP contribution < -0.4 is 5.32 Å². The lowest BCUT2D eigenvalue weighted by molar-refractivity contribution is 0.768. The van der Waals surface area contributed by atoms with Gasteiger partial charge in [-0.15, -0.1) is 5.10 Å². The van der Waals surface area contributed by atoms with E-state index in [1.165, 1.54) is 0 Å². The van der Waals surface area contributed by atoms with E-state index in [-0.39, 0.29) is 0 Å². The maximum Gasteiger partial charge on any atom is 0.175 e. The molecule has 5 nitrogen and oxygen atoms in total.